The molecule has 0 heterocycles. The van der Waals surface area contributed by atoms with E-state index in [2.05, 4.69) is 5.32 Å². The lowest BCUT2D eigenvalue weighted by Crippen LogP contribution is -2.48. The molecule has 1 amide bonds. The zero-order chi connectivity index (χ0) is 15.5. The van der Waals surface area contributed by atoms with E-state index in [0.29, 0.717) is 0 Å². The first-order valence-electron chi connectivity index (χ1n) is 6.95. The third-order valence-electron chi connectivity index (χ3n) is 3.00. The quantitative estimate of drug-likeness (QED) is 0.649. The molecule has 4 heteroatoms. The minimum Gasteiger partial charge on any atom is -0.444 e. The van der Waals surface area contributed by atoms with Gasteiger partial charge in [0.05, 0.1) is 0 Å². The molecule has 1 aliphatic carbocycles. The molecule has 0 saturated heterocycles. The molecule has 1 aliphatic rings. The van der Waals surface area contributed by atoms with Crippen LogP contribution in [0.4, 0.5) is 4.79 Å². The predicted octanol–water partition coefficient (Wildman–Crippen LogP) is 3.11. The highest BCUT2D eigenvalue weighted by atomic mass is 16.6. The van der Waals surface area contributed by atoms with Gasteiger partial charge in [-0.05, 0) is 38.5 Å². The Morgan fingerprint density at radius 3 is 2.29 bits per heavy atom. The van der Waals surface area contributed by atoms with Gasteiger partial charge in [0.2, 0.25) is 0 Å². The minimum atomic E-state index is -1.51. The Morgan fingerprint density at radius 2 is 1.76 bits per heavy atom. The topological polar surface area (TPSA) is 58.6 Å². The number of amides is 1. The fourth-order valence-electron chi connectivity index (χ4n) is 2.07. The van der Waals surface area contributed by atoms with Crippen LogP contribution < -0.4 is 5.32 Å². The van der Waals surface area contributed by atoms with Crippen molar-refractivity contribution in [2.75, 3.05) is 0 Å². The van der Waals surface area contributed by atoms with Gasteiger partial charge in [-0.2, -0.15) is 0 Å². The minimum absolute atomic E-state index is 0.0897. The molecular weight excluding hydrogens is 266 g/mol. The monoisotopic (exact) mass is 287 g/mol. The van der Waals surface area contributed by atoms with Crippen molar-refractivity contribution >= 4 is 6.09 Å². The molecule has 0 spiro atoms. The lowest BCUT2D eigenvalue weighted by Gasteiger charge is -2.28. The summed E-state index contributed by atoms with van der Waals surface area (Å²) in [5, 5.41) is 12.8. The fourth-order valence-corrected chi connectivity index (χ4v) is 2.07. The molecule has 2 rings (SSSR count). The summed E-state index contributed by atoms with van der Waals surface area (Å²) in [6.07, 6.45) is 6.18. The van der Waals surface area contributed by atoms with Crippen LogP contribution >= 0.6 is 0 Å². The van der Waals surface area contributed by atoms with Crippen molar-refractivity contribution < 1.29 is 14.6 Å². The van der Waals surface area contributed by atoms with Gasteiger partial charge in [-0.3, -0.25) is 5.32 Å². The van der Waals surface area contributed by atoms with Crippen molar-refractivity contribution in [3.63, 3.8) is 0 Å². The summed E-state index contributed by atoms with van der Waals surface area (Å²) >= 11 is 0. The number of alkyl carbamates (subject to hydrolysis) is 1. The molecule has 4 nitrogen and oxygen atoms in total. The van der Waals surface area contributed by atoms with Crippen molar-refractivity contribution in [3.05, 3.63) is 60.2 Å². The number of carbonyl (C=O) groups is 1. The molecule has 0 radical (unpaired) electrons. The van der Waals surface area contributed by atoms with Crippen molar-refractivity contribution in [2.45, 2.75) is 38.0 Å². The van der Waals surface area contributed by atoms with E-state index in [1.807, 2.05) is 42.5 Å². The Hall–Kier alpha value is -2.07. The SMILES string of the molecule is CC(C)(C)OC(=O)NC1(O)C=CC(c2ccccc2)C=C1. The number of nitrogens with one attached hydrogen (secondary N) is 1. The van der Waals surface area contributed by atoms with Crippen LogP contribution in [0.5, 0.6) is 0 Å². The smallest absolute Gasteiger partial charge is 0.410 e. The number of ether oxygens (including phenoxy) is 1. The number of rotatable bonds is 2. The van der Waals surface area contributed by atoms with E-state index in [9.17, 15) is 9.90 Å². The van der Waals surface area contributed by atoms with Gasteiger partial charge in [0, 0.05) is 5.92 Å². The van der Waals surface area contributed by atoms with Gasteiger partial charge in [0.25, 0.3) is 0 Å². The molecule has 0 unspecified atom stereocenters. The van der Waals surface area contributed by atoms with Crippen LogP contribution in [0.2, 0.25) is 0 Å². The summed E-state index contributed by atoms with van der Waals surface area (Å²) in [6.45, 7) is 5.32. The lowest BCUT2D eigenvalue weighted by atomic mass is 9.92. The number of benzene rings is 1. The summed E-state index contributed by atoms with van der Waals surface area (Å²) in [7, 11) is 0. The molecule has 1 aromatic rings. The Kier molecular flexibility index (Phi) is 4.19. The highest BCUT2D eigenvalue weighted by Crippen LogP contribution is 2.25. The lowest BCUT2D eigenvalue weighted by molar-refractivity contribution is 0.0282. The van der Waals surface area contributed by atoms with Crippen LogP contribution in [0.25, 0.3) is 0 Å². The molecule has 0 bridgehead atoms. The van der Waals surface area contributed by atoms with Crippen molar-refractivity contribution in [3.8, 4) is 0 Å². The van der Waals surface area contributed by atoms with Gasteiger partial charge in [0.15, 0.2) is 5.72 Å². The van der Waals surface area contributed by atoms with Crippen LogP contribution in [-0.4, -0.2) is 22.5 Å². The molecule has 2 N–H and O–H groups in total. The number of hydrogen-bond donors (Lipinski definition) is 2. The third kappa shape index (κ3) is 4.46. The van der Waals surface area contributed by atoms with Crippen molar-refractivity contribution in [1.29, 1.82) is 0 Å². The van der Waals surface area contributed by atoms with E-state index >= 15 is 0 Å². The van der Waals surface area contributed by atoms with Crippen LogP contribution in [-0.2, 0) is 4.74 Å². The highest BCUT2D eigenvalue weighted by Gasteiger charge is 2.28. The van der Waals surface area contributed by atoms with Crippen molar-refractivity contribution in [2.24, 2.45) is 0 Å². The van der Waals surface area contributed by atoms with Gasteiger partial charge in [-0.1, -0.05) is 42.5 Å². The second-order valence-electron chi connectivity index (χ2n) is 6.11. The van der Waals surface area contributed by atoms with Crippen LogP contribution in [0.3, 0.4) is 0 Å². The van der Waals surface area contributed by atoms with Gasteiger partial charge >= 0.3 is 6.09 Å². The number of aliphatic hydroxyl groups is 1. The molecule has 0 saturated carbocycles. The molecular formula is C17H21NO3. The average molecular weight is 287 g/mol. The van der Waals surface area contributed by atoms with E-state index in [0.717, 1.165) is 5.56 Å². The second-order valence-corrected chi connectivity index (χ2v) is 6.11. The van der Waals surface area contributed by atoms with Crippen LogP contribution in [0.15, 0.2) is 54.6 Å². The standard InChI is InChI=1S/C17H21NO3/c1-16(2,3)21-15(19)18-17(20)11-9-14(10-12-17)13-7-5-4-6-8-13/h4-12,14,20H,1-3H3,(H,18,19). The number of carbonyl (C=O) groups excluding carboxylic acids is 1. The summed E-state index contributed by atoms with van der Waals surface area (Å²) in [5.74, 6) is 0.0897. The maximum atomic E-state index is 11.7. The van der Waals surface area contributed by atoms with E-state index in [1.54, 1.807) is 32.9 Å². The maximum Gasteiger partial charge on any atom is 0.410 e. The van der Waals surface area contributed by atoms with E-state index in [4.69, 9.17) is 4.74 Å². The zero-order valence-electron chi connectivity index (χ0n) is 12.5. The molecule has 0 atom stereocenters. The van der Waals surface area contributed by atoms with Gasteiger partial charge in [-0.15, -0.1) is 0 Å². The third-order valence-corrected chi connectivity index (χ3v) is 3.00. The van der Waals surface area contributed by atoms with Crippen LogP contribution in [0, 0.1) is 0 Å². The fraction of sp³-hybridized carbons (Fsp3) is 0.353. The Morgan fingerprint density at radius 1 is 1.19 bits per heavy atom. The summed E-state index contributed by atoms with van der Waals surface area (Å²) in [6, 6.07) is 9.93. The molecule has 112 valence electrons. The molecule has 0 aromatic heterocycles. The maximum absolute atomic E-state index is 11.7. The first-order chi connectivity index (χ1) is 9.77. The predicted molar refractivity (Wildman–Crippen MR) is 81.8 cm³/mol. The summed E-state index contributed by atoms with van der Waals surface area (Å²) in [5.41, 5.74) is -0.979. The Bertz CT molecular complexity index is 541. The first-order valence-corrected chi connectivity index (χ1v) is 6.95. The second kappa shape index (κ2) is 5.74. The number of hydrogen-bond acceptors (Lipinski definition) is 3. The summed E-state index contributed by atoms with van der Waals surface area (Å²) in [4.78, 5) is 11.7. The molecule has 21 heavy (non-hydrogen) atoms. The van der Waals surface area contributed by atoms with E-state index in [1.165, 1.54) is 0 Å². The van der Waals surface area contributed by atoms with E-state index < -0.39 is 17.4 Å². The normalized spacial score (nSPS) is 24.7. The van der Waals surface area contributed by atoms with Gasteiger partial charge in [-0.25, -0.2) is 4.79 Å². The highest BCUT2D eigenvalue weighted by molar-refractivity contribution is 5.69. The molecule has 1 aromatic carbocycles. The first kappa shape index (κ1) is 15.3. The average Bonchev–Trinajstić information content (AvgIpc) is 2.37. The molecule has 0 fully saturated rings. The summed E-state index contributed by atoms with van der Waals surface area (Å²) < 4.78 is 5.14. The Labute approximate surface area is 125 Å². The van der Waals surface area contributed by atoms with Gasteiger partial charge in [0.1, 0.15) is 5.60 Å². The largest absolute Gasteiger partial charge is 0.444 e. The number of allylic oxidation sites excluding steroid dienone is 2. The van der Waals surface area contributed by atoms with Crippen molar-refractivity contribution in [1.82, 2.24) is 5.32 Å². The van der Waals surface area contributed by atoms with Gasteiger partial charge < -0.3 is 9.84 Å². The van der Waals surface area contributed by atoms with Crippen LogP contribution in [0.1, 0.15) is 32.3 Å². The molecule has 0 aliphatic heterocycles. The Balaban J connectivity index is 2.01. The van der Waals surface area contributed by atoms with E-state index in [-0.39, 0.29) is 5.92 Å². The zero-order valence-corrected chi connectivity index (χ0v) is 12.5.